The van der Waals surface area contributed by atoms with Crippen molar-refractivity contribution in [1.29, 1.82) is 0 Å². The van der Waals surface area contributed by atoms with Crippen molar-refractivity contribution < 1.29 is 9.53 Å². The van der Waals surface area contributed by atoms with Crippen LogP contribution in [-0.4, -0.2) is 12.1 Å². The van der Waals surface area contributed by atoms with E-state index >= 15 is 0 Å². The number of rotatable bonds is 7. The zero-order chi connectivity index (χ0) is 17.6. The Morgan fingerprint density at radius 1 is 1.04 bits per heavy atom. The number of carbonyl (C=O) groups excluding carboxylic acids is 1. The molecule has 2 nitrogen and oxygen atoms in total. The number of unbranched alkanes of at least 4 members (excludes halogenated alkanes) is 2. The van der Waals surface area contributed by atoms with E-state index in [1.807, 2.05) is 0 Å². The van der Waals surface area contributed by atoms with Crippen LogP contribution in [0.3, 0.4) is 0 Å². The normalized spacial score (nSPS) is 26.2. The summed E-state index contributed by atoms with van der Waals surface area (Å²) in [5, 5.41) is 0. The molecule has 2 aliphatic rings. The van der Waals surface area contributed by atoms with Gasteiger partial charge in [-0.1, -0.05) is 70.9 Å². The molecule has 0 radical (unpaired) electrons. The highest BCUT2D eigenvalue weighted by Gasteiger charge is 2.34. The average Bonchev–Trinajstić information content (AvgIpc) is 2.63. The number of hydrogen-bond donors (Lipinski definition) is 0. The Balaban J connectivity index is 1.56. The highest BCUT2D eigenvalue weighted by molar-refractivity contribution is 5.92. The monoisotopic (exact) mass is 342 g/mol. The third-order valence-corrected chi connectivity index (χ3v) is 6.25. The van der Waals surface area contributed by atoms with Crippen LogP contribution in [0.15, 0.2) is 18.2 Å². The molecule has 1 heterocycles. The summed E-state index contributed by atoms with van der Waals surface area (Å²) in [6, 6.07) is 6.43. The molecule has 0 aromatic heterocycles. The molecule has 1 aromatic rings. The van der Waals surface area contributed by atoms with Gasteiger partial charge in [0.1, 0.15) is 6.10 Å². The summed E-state index contributed by atoms with van der Waals surface area (Å²) < 4.78 is 5.88. The lowest BCUT2D eigenvalue weighted by Gasteiger charge is -2.36. The van der Waals surface area contributed by atoms with E-state index in [2.05, 4.69) is 32.0 Å². The first-order valence-corrected chi connectivity index (χ1v) is 10.5. The van der Waals surface area contributed by atoms with Gasteiger partial charge in [-0.3, -0.25) is 0 Å². The SMILES string of the molecule is CCCCCC1CCC(C2Cc3ccc(CCC)cc3C(=O)O2)CC1. The summed E-state index contributed by atoms with van der Waals surface area (Å²) in [5.41, 5.74) is 3.27. The van der Waals surface area contributed by atoms with Crippen LogP contribution >= 0.6 is 0 Å². The van der Waals surface area contributed by atoms with Gasteiger partial charge in [-0.25, -0.2) is 4.79 Å². The second kappa shape index (κ2) is 8.87. The highest BCUT2D eigenvalue weighted by Crippen LogP contribution is 2.37. The third kappa shape index (κ3) is 4.65. The first-order valence-electron chi connectivity index (χ1n) is 10.5. The summed E-state index contributed by atoms with van der Waals surface area (Å²) in [6.07, 6.45) is 13.7. The molecule has 1 atom stereocenters. The molecule has 1 aromatic carbocycles. The molecular formula is C23H34O2. The van der Waals surface area contributed by atoms with Crippen LogP contribution in [0.1, 0.15) is 93.1 Å². The van der Waals surface area contributed by atoms with E-state index in [0.29, 0.717) is 5.92 Å². The fourth-order valence-corrected chi connectivity index (χ4v) is 4.69. The Hall–Kier alpha value is -1.31. The van der Waals surface area contributed by atoms with Crippen molar-refractivity contribution >= 4 is 5.97 Å². The molecule has 1 unspecified atom stereocenters. The molecule has 0 amide bonds. The smallest absolute Gasteiger partial charge is 0.338 e. The number of fused-ring (bicyclic) bond motifs is 1. The molecule has 1 aliphatic carbocycles. The van der Waals surface area contributed by atoms with Crippen molar-refractivity contribution in [1.82, 2.24) is 0 Å². The van der Waals surface area contributed by atoms with E-state index in [9.17, 15) is 4.79 Å². The number of aryl methyl sites for hydroxylation is 1. The largest absolute Gasteiger partial charge is 0.458 e. The topological polar surface area (TPSA) is 26.3 Å². The van der Waals surface area contributed by atoms with Crippen LogP contribution in [0.2, 0.25) is 0 Å². The van der Waals surface area contributed by atoms with Crippen LogP contribution in [-0.2, 0) is 17.6 Å². The first kappa shape index (κ1) is 18.5. The molecule has 3 rings (SSSR count). The van der Waals surface area contributed by atoms with Gasteiger partial charge in [0.15, 0.2) is 0 Å². The molecule has 1 aliphatic heterocycles. The lowest BCUT2D eigenvalue weighted by atomic mass is 9.75. The summed E-state index contributed by atoms with van der Waals surface area (Å²) in [7, 11) is 0. The van der Waals surface area contributed by atoms with Crippen LogP contribution < -0.4 is 0 Å². The summed E-state index contributed by atoms with van der Waals surface area (Å²) >= 11 is 0. The fourth-order valence-electron chi connectivity index (χ4n) is 4.69. The standard InChI is InChI=1S/C23H34O2/c1-3-5-6-8-17-9-12-19(13-10-17)22-16-20-14-11-18(7-4-2)15-21(20)23(24)25-22/h11,14-15,17,19,22H,3-10,12-13,16H2,1-2H3. The zero-order valence-electron chi connectivity index (χ0n) is 16.1. The molecule has 0 spiro atoms. The predicted molar refractivity (Wildman–Crippen MR) is 103 cm³/mol. The number of carbonyl (C=O) groups is 1. The number of benzene rings is 1. The molecule has 2 heteroatoms. The van der Waals surface area contributed by atoms with E-state index in [0.717, 1.165) is 30.7 Å². The van der Waals surface area contributed by atoms with Crippen molar-refractivity contribution in [3.63, 3.8) is 0 Å². The minimum absolute atomic E-state index is 0.0886. The molecule has 1 saturated carbocycles. The van der Waals surface area contributed by atoms with Gasteiger partial charge < -0.3 is 4.74 Å². The van der Waals surface area contributed by atoms with E-state index in [1.165, 1.54) is 62.5 Å². The van der Waals surface area contributed by atoms with E-state index in [-0.39, 0.29) is 12.1 Å². The number of esters is 1. The van der Waals surface area contributed by atoms with Crippen LogP contribution in [0.5, 0.6) is 0 Å². The molecule has 1 fully saturated rings. The van der Waals surface area contributed by atoms with Crippen LogP contribution in [0.4, 0.5) is 0 Å². The van der Waals surface area contributed by atoms with Crippen LogP contribution in [0.25, 0.3) is 0 Å². The van der Waals surface area contributed by atoms with Crippen molar-refractivity contribution in [2.24, 2.45) is 11.8 Å². The van der Waals surface area contributed by atoms with Crippen molar-refractivity contribution in [3.05, 3.63) is 34.9 Å². The first-order chi connectivity index (χ1) is 12.2. The highest BCUT2D eigenvalue weighted by atomic mass is 16.5. The number of ether oxygens (including phenoxy) is 1. The maximum Gasteiger partial charge on any atom is 0.338 e. The minimum Gasteiger partial charge on any atom is -0.458 e. The van der Waals surface area contributed by atoms with Crippen molar-refractivity contribution in [2.75, 3.05) is 0 Å². The van der Waals surface area contributed by atoms with Gasteiger partial charge in [0.25, 0.3) is 0 Å². The molecule has 138 valence electrons. The number of hydrogen-bond acceptors (Lipinski definition) is 2. The quantitative estimate of drug-likeness (QED) is 0.441. The number of cyclic esters (lactones) is 1. The van der Waals surface area contributed by atoms with Gasteiger partial charge in [0.05, 0.1) is 5.56 Å². The second-order valence-corrected chi connectivity index (χ2v) is 8.17. The van der Waals surface area contributed by atoms with E-state index < -0.39 is 0 Å². The molecule has 0 bridgehead atoms. The Bertz CT molecular complexity index is 569. The summed E-state index contributed by atoms with van der Waals surface area (Å²) in [6.45, 7) is 4.45. The maximum absolute atomic E-state index is 12.5. The lowest BCUT2D eigenvalue weighted by molar-refractivity contribution is -0.000333. The molecule has 0 saturated heterocycles. The van der Waals surface area contributed by atoms with Gasteiger partial charge >= 0.3 is 5.97 Å². The lowest BCUT2D eigenvalue weighted by Crippen LogP contribution is -2.36. The summed E-state index contributed by atoms with van der Waals surface area (Å²) in [4.78, 5) is 12.5. The van der Waals surface area contributed by atoms with Gasteiger partial charge in [-0.15, -0.1) is 0 Å². The predicted octanol–water partition coefficient (Wildman–Crippen LogP) is 6.11. The average molecular weight is 343 g/mol. The van der Waals surface area contributed by atoms with Crippen molar-refractivity contribution in [2.45, 2.75) is 90.6 Å². The Kier molecular flexibility index (Phi) is 6.56. The third-order valence-electron chi connectivity index (χ3n) is 6.25. The van der Waals surface area contributed by atoms with Gasteiger partial charge in [-0.2, -0.15) is 0 Å². The summed E-state index contributed by atoms with van der Waals surface area (Å²) in [5.74, 6) is 1.38. The van der Waals surface area contributed by atoms with E-state index in [1.54, 1.807) is 0 Å². The maximum atomic E-state index is 12.5. The van der Waals surface area contributed by atoms with Gasteiger partial charge in [-0.05, 0) is 48.3 Å². The zero-order valence-corrected chi connectivity index (χ0v) is 16.1. The minimum atomic E-state index is -0.0886. The van der Waals surface area contributed by atoms with Gasteiger partial charge in [0, 0.05) is 6.42 Å². The molecular weight excluding hydrogens is 308 g/mol. The molecule has 25 heavy (non-hydrogen) atoms. The van der Waals surface area contributed by atoms with Crippen molar-refractivity contribution in [3.8, 4) is 0 Å². The Labute approximate surface area is 153 Å². The Morgan fingerprint density at radius 2 is 1.84 bits per heavy atom. The van der Waals surface area contributed by atoms with Crippen LogP contribution in [0, 0.1) is 11.8 Å². The Morgan fingerprint density at radius 3 is 2.56 bits per heavy atom. The van der Waals surface area contributed by atoms with Gasteiger partial charge in [0.2, 0.25) is 0 Å². The van der Waals surface area contributed by atoms with E-state index in [4.69, 9.17) is 4.74 Å². The molecule has 0 N–H and O–H groups in total. The second-order valence-electron chi connectivity index (χ2n) is 8.17. The fraction of sp³-hybridized carbons (Fsp3) is 0.696.